The molecule has 0 N–H and O–H groups in total. The van der Waals surface area contributed by atoms with Gasteiger partial charge in [0.05, 0.1) is 0 Å². The topological polar surface area (TPSA) is 0 Å². The minimum absolute atomic E-state index is 0.125. The van der Waals surface area contributed by atoms with Gasteiger partial charge in [0.1, 0.15) is 0 Å². The highest BCUT2D eigenvalue weighted by molar-refractivity contribution is 5.04. The van der Waals surface area contributed by atoms with E-state index in [1.165, 1.54) is 0 Å². The third-order valence-corrected chi connectivity index (χ3v) is 3.15. The van der Waals surface area contributed by atoms with Crippen LogP contribution in [0.3, 0.4) is 0 Å². The average Bonchev–Trinajstić information content (AvgIpc) is 2.39. The second-order valence-corrected chi connectivity index (χ2v) is 4.12. The van der Waals surface area contributed by atoms with Gasteiger partial charge in [-0.15, -0.1) is 0 Å². The van der Waals surface area contributed by atoms with Crippen LogP contribution in [0.4, 0.5) is 8.78 Å². The molecule has 0 radical (unpaired) electrons. The van der Waals surface area contributed by atoms with Crippen LogP contribution < -0.4 is 0 Å². The van der Waals surface area contributed by atoms with Crippen LogP contribution in [0.25, 0.3) is 0 Å². The number of hydrogen-bond acceptors (Lipinski definition) is 0. The average molecular weight is 146 g/mol. The molecule has 1 unspecified atom stereocenters. The highest BCUT2D eigenvalue weighted by Gasteiger charge is 2.57. The fraction of sp³-hybridized carbons (Fsp3) is 1.00. The van der Waals surface area contributed by atoms with Crippen molar-refractivity contribution in [2.75, 3.05) is 0 Å². The first kappa shape index (κ1) is 6.56. The second-order valence-electron chi connectivity index (χ2n) is 4.12. The molecule has 2 aliphatic rings. The molecule has 0 aromatic heterocycles. The Morgan fingerprint density at radius 3 is 2.40 bits per heavy atom. The maximum absolute atomic E-state index is 12.7. The monoisotopic (exact) mass is 146 g/mol. The number of alkyl halides is 2. The SMILES string of the molecule is C[C@@]12CCC(F)(F)CC1C2. The van der Waals surface area contributed by atoms with E-state index in [0.29, 0.717) is 11.3 Å². The summed E-state index contributed by atoms with van der Waals surface area (Å²) < 4.78 is 25.3. The number of halogens is 2. The van der Waals surface area contributed by atoms with Crippen molar-refractivity contribution in [3.8, 4) is 0 Å². The Morgan fingerprint density at radius 2 is 1.90 bits per heavy atom. The summed E-state index contributed by atoms with van der Waals surface area (Å²) in [5, 5.41) is 0. The second kappa shape index (κ2) is 1.54. The lowest BCUT2D eigenvalue weighted by molar-refractivity contribution is -0.0462. The van der Waals surface area contributed by atoms with Crippen molar-refractivity contribution in [3.63, 3.8) is 0 Å². The molecule has 0 heterocycles. The summed E-state index contributed by atoms with van der Waals surface area (Å²) in [5.41, 5.74) is 0.321. The van der Waals surface area contributed by atoms with E-state index in [1.54, 1.807) is 0 Å². The summed E-state index contributed by atoms with van der Waals surface area (Å²) in [6.07, 6.45) is 2.07. The molecular formula is C8H12F2. The fourth-order valence-corrected chi connectivity index (χ4v) is 2.06. The third kappa shape index (κ3) is 0.850. The summed E-state index contributed by atoms with van der Waals surface area (Å²) in [6.45, 7) is 2.13. The Bertz CT molecular complexity index is 165. The molecule has 0 spiro atoms. The molecule has 10 heavy (non-hydrogen) atoms. The van der Waals surface area contributed by atoms with Crippen LogP contribution in [0.5, 0.6) is 0 Å². The van der Waals surface area contributed by atoms with Gasteiger partial charge in [-0.05, 0) is 24.2 Å². The Balaban J connectivity index is 2.05. The van der Waals surface area contributed by atoms with Crippen LogP contribution in [0.2, 0.25) is 0 Å². The van der Waals surface area contributed by atoms with Crippen LogP contribution >= 0.6 is 0 Å². The molecular weight excluding hydrogens is 134 g/mol. The zero-order valence-electron chi connectivity index (χ0n) is 6.16. The van der Waals surface area contributed by atoms with Gasteiger partial charge in [-0.25, -0.2) is 8.78 Å². The minimum atomic E-state index is -2.33. The van der Waals surface area contributed by atoms with E-state index in [4.69, 9.17) is 0 Å². The van der Waals surface area contributed by atoms with Crippen LogP contribution in [-0.4, -0.2) is 5.92 Å². The van der Waals surface area contributed by atoms with Gasteiger partial charge in [-0.3, -0.25) is 0 Å². The van der Waals surface area contributed by atoms with E-state index < -0.39 is 5.92 Å². The lowest BCUT2D eigenvalue weighted by Gasteiger charge is -2.24. The van der Waals surface area contributed by atoms with Gasteiger partial charge in [-0.2, -0.15) is 0 Å². The van der Waals surface area contributed by atoms with E-state index in [9.17, 15) is 8.78 Å². The van der Waals surface area contributed by atoms with Gasteiger partial charge < -0.3 is 0 Å². The van der Waals surface area contributed by atoms with E-state index in [1.807, 2.05) is 0 Å². The van der Waals surface area contributed by atoms with Crippen LogP contribution in [0.15, 0.2) is 0 Å². The molecule has 0 saturated heterocycles. The number of fused-ring (bicyclic) bond motifs is 1. The zero-order chi connectivity index (χ0) is 7.41. The summed E-state index contributed by atoms with van der Waals surface area (Å²) in [6, 6.07) is 0. The van der Waals surface area contributed by atoms with Gasteiger partial charge in [0, 0.05) is 12.8 Å². The molecule has 0 aromatic rings. The van der Waals surface area contributed by atoms with Crippen molar-refractivity contribution < 1.29 is 8.78 Å². The molecule has 2 heteroatoms. The maximum Gasteiger partial charge on any atom is 0.248 e. The van der Waals surface area contributed by atoms with Crippen LogP contribution in [0, 0.1) is 11.3 Å². The largest absolute Gasteiger partial charge is 0.248 e. The molecule has 2 atom stereocenters. The Hall–Kier alpha value is -0.140. The summed E-state index contributed by atoms with van der Waals surface area (Å²) in [5.74, 6) is -1.99. The lowest BCUT2D eigenvalue weighted by atomic mass is 9.88. The van der Waals surface area contributed by atoms with Gasteiger partial charge in [-0.1, -0.05) is 6.92 Å². The van der Waals surface area contributed by atoms with Gasteiger partial charge in [0.25, 0.3) is 0 Å². The summed E-state index contributed by atoms with van der Waals surface area (Å²) >= 11 is 0. The molecule has 2 aliphatic carbocycles. The van der Waals surface area contributed by atoms with E-state index in [2.05, 4.69) is 6.92 Å². The Labute approximate surface area is 59.6 Å². The Morgan fingerprint density at radius 1 is 1.20 bits per heavy atom. The molecule has 58 valence electrons. The maximum atomic E-state index is 12.7. The number of rotatable bonds is 0. The van der Waals surface area contributed by atoms with Crippen molar-refractivity contribution >= 4 is 0 Å². The van der Waals surface area contributed by atoms with Gasteiger partial charge >= 0.3 is 0 Å². The molecule has 0 amide bonds. The van der Waals surface area contributed by atoms with Crippen molar-refractivity contribution in [1.29, 1.82) is 0 Å². The molecule has 0 nitrogen and oxygen atoms in total. The third-order valence-electron chi connectivity index (χ3n) is 3.15. The Kier molecular flexibility index (Phi) is 1.01. The first-order valence-corrected chi connectivity index (χ1v) is 3.90. The molecule has 0 aromatic carbocycles. The summed E-state index contributed by atoms with van der Waals surface area (Å²) in [7, 11) is 0. The quantitative estimate of drug-likeness (QED) is 0.493. The van der Waals surface area contributed by atoms with Crippen molar-refractivity contribution in [2.24, 2.45) is 11.3 Å². The summed E-state index contributed by atoms with van der Waals surface area (Å²) in [4.78, 5) is 0. The molecule has 0 aliphatic heterocycles. The normalized spacial score (nSPS) is 50.1. The number of hydrogen-bond donors (Lipinski definition) is 0. The fourth-order valence-electron chi connectivity index (χ4n) is 2.06. The van der Waals surface area contributed by atoms with Gasteiger partial charge in [0.15, 0.2) is 0 Å². The highest BCUT2D eigenvalue weighted by Crippen LogP contribution is 2.63. The van der Waals surface area contributed by atoms with Crippen molar-refractivity contribution in [1.82, 2.24) is 0 Å². The van der Waals surface area contributed by atoms with Crippen molar-refractivity contribution in [2.45, 2.75) is 38.5 Å². The van der Waals surface area contributed by atoms with Crippen LogP contribution in [0.1, 0.15) is 32.6 Å². The van der Waals surface area contributed by atoms with Gasteiger partial charge in [0.2, 0.25) is 5.92 Å². The molecule has 0 bridgehead atoms. The molecule has 2 rings (SSSR count). The minimum Gasteiger partial charge on any atom is -0.207 e. The molecule has 2 saturated carbocycles. The van der Waals surface area contributed by atoms with E-state index in [-0.39, 0.29) is 12.8 Å². The first-order valence-electron chi connectivity index (χ1n) is 3.90. The van der Waals surface area contributed by atoms with Crippen molar-refractivity contribution in [3.05, 3.63) is 0 Å². The highest BCUT2D eigenvalue weighted by atomic mass is 19.3. The zero-order valence-corrected chi connectivity index (χ0v) is 6.16. The first-order chi connectivity index (χ1) is 4.52. The smallest absolute Gasteiger partial charge is 0.207 e. The van der Waals surface area contributed by atoms with E-state index >= 15 is 0 Å². The predicted molar refractivity (Wildman–Crippen MR) is 35.0 cm³/mol. The molecule has 2 fully saturated rings. The van der Waals surface area contributed by atoms with E-state index in [0.717, 1.165) is 12.8 Å². The van der Waals surface area contributed by atoms with Crippen LogP contribution in [-0.2, 0) is 0 Å². The lowest BCUT2D eigenvalue weighted by Crippen LogP contribution is -2.24. The standard InChI is InChI=1S/C8H12F2/c1-7-2-3-8(9,10)5-6(7)4-7/h6H,2-5H2,1H3/t6?,7-/m0/s1. The predicted octanol–water partition coefficient (Wildman–Crippen LogP) is 2.83.